The van der Waals surface area contributed by atoms with E-state index < -0.39 is 0 Å². The van der Waals surface area contributed by atoms with Gasteiger partial charge in [-0.3, -0.25) is 4.98 Å². The third-order valence-electron chi connectivity index (χ3n) is 3.99. The molecule has 20 heavy (non-hydrogen) atoms. The lowest BCUT2D eigenvalue weighted by molar-refractivity contribution is 0.458. The lowest BCUT2D eigenvalue weighted by Crippen LogP contribution is -2.24. The van der Waals surface area contributed by atoms with Crippen LogP contribution in [0, 0.1) is 0 Å². The van der Waals surface area contributed by atoms with Gasteiger partial charge in [0.1, 0.15) is 0 Å². The zero-order valence-corrected chi connectivity index (χ0v) is 11.8. The first-order valence-electron chi connectivity index (χ1n) is 7.59. The van der Waals surface area contributed by atoms with Crippen LogP contribution in [0.1, 0.15) is 37.8 Å². The smallest absolute Gasteiger partial charge is 0.202 e. The Morgan fingerprint density at radius 3 is 2.80 bits per heavy atom. The summed E-state index contributed by atoms with van der Waals surface area (Å²) in [7, 11) is 0. The number of hydrogen-bond acceptors (Lipinski definition) is 3. The molecule has 1 aliphatic rings. The average molecular weight is 270 g/mol. The molecule has 106 valence electrons. The first-order valence-corrected chi connectivity index (χ1v) is 7.59. The Morgan fingerprint density at radius 1 is 1.10 bits per heavy atom. The second kappa shape index (κ2) is 6.55. The molecule has 0 aliphatic heterocycles. The van der Waals surface area contributed by atoms with Gasteiger partial charge in [-0.05, 0) is 25.0 Å². The fourth-order valence-corrected chi connectivity index (χ4v) is 2.84. The summed E-state index contributed by atoms with van der Waals surface area (Å²) in [5.41, 5.74) is 1.13. The van der Waals surface area contributed by atoms with Crippen molar-refractivity contribution in [2.75, 3.05) is 5.32 Å². The van der Waals surface area contributed by atoms with Crippen molar-refractivity contribution < 1.29 is 0 Å². The van der Waals surface area contributed by atoms with E-state index in [1.54, 1.807) is 0 Å². The first kappa shape index (κ1) is 13.2. The molecule has 1 aliphatic carbocycles. The molecule has 2 aromatic heterocycles. The number of nitrogens with one attached hydrogen (secondary N) is 1. The van der Waals surface area contributed by atoms with E-state index in [0.717, 1.165) is 24.6 Å². The minimum absolute atomic E-state index is 0.597. The Hall–Kier alpha value is -1.84. The van der Waals surface area contributed by atoms with Crippen molar-refractivity contribution >= 4 is 5.95 Å². The average Bonchev–Trinajstić information content (AvgIpc) is 2.94. The zero-order valence-electron chi connectivity index (χ0n) is 11.8. The minimum Gasteiger partial charge on any atom is -0.353 e. The maximum absolute atomic E-state index is 4.45. The summed E-state index contributed by atoms with van der Waals surface area (Å²) in [6.45, 7) is 0.923. The SMILES string of the molecule is c1ccc(CCn2ccnc2NC2CCCCC2)nc1. The van der Waals surface area contributed by atoms with Crippen LogP contribution in [0.15, 0.2) is 36.8 Å². The van der Waals surface area contributed by atoms with Crippen LogP contribution in [0.5, 0.6) is 0 Å². The summed E-state index contributed by atoms with van der Waals surface area (Å²) in [6.07, 6.45) is 13.3. The number of nitrogens with zero attached hydrogens (tertiary/aromatic N) is 3. The number of rotatable bonds is 5. The Balaban J connectivity index is 1.58. The maximum Gasteiger partial charge on any atom is 0.202 e. The van der Waals surface area contributed by atoms with Crippen molar-refractivity contribution in [3.8, 4) is 0 Å². The number of pyridine rings is 1. The Kier molecular flexibility index (Phi) is 4.31. The molecule has 2 aromatic rings. The summed E-state index contributed by atoms with van der Waals surface area (Å²) < 4.78 is 2.20. The van der Waals surface area contributed by atoms with Crippen molar-refractivity contribution in [2.45, 2.75) is 51.1 Å². The standard InChI is InChI=1S/C16H22N4/c1-2-7-15(8-3-1)19-16-18-11-13-20(16)12-9-14-6-4-5-10-17-14/h4-6,10-11,13,15H,1-3,7-9,12H2,(H,18,19). The predicted octanol–water partition coefficient (Wildman–Crippen LogP) is 3.27. The highest BCUT2D eigenvalue weighted by Crippen LogP contribution is 2.21. The lowest BCUT2D eigenvalue weighted by Gasteiger charge is -2.23. The van der Waals surface area contributed by atoms with Gasteiger partial charge in [-0.15, -0.1) is 0 Å². The molecule has 0 bridgehead atoms. The number of anilines is 1. The van der Waals surface area contributed by atoms with Crippen LogP contribution in [0.25, 0.3) is 0 Å². The number of aromatic nitrogens is 3. The number of imidazole rings is 1. The van der Waals surface area contributed by atoms with Crippen molar-refractivity contribution in [3.63, 3.8) is 0 Å². The monoisotopic (exact) mass is 270 g/mol. The highest BCUT2D eigenvalue weighted by molar-refractivity contribution is 5.27. The summed E-state index contributed by atoms with van der Waals surface area (Å²) in [5, 5.41) is 3.60. The summed E-state index contributed by atoms with van der Waals surface area (Å²) in [4.78, 5) is 8.82. The van der Waals surface area contributed by atoms with Gasteiger partial charge in [0.15, 0.2) is 0 Å². The van der Waals surface area contributed by atoms with Gasteiger partial charge in [-0.25, -0.2) is 4.98 Å². The van der Waals surface area contributed by atoms with E-state index in [1.807, 2.05) is 30.7 Å². The van der Waals surface area contributed by atoms with Crippen LogP contribution in [0.4, 0.5) is 5.95 Å². The molecule has 0 radical (unpaired) electrons. The van der Waals surface area contributed by atoms with Crippen molar-refractivity contribution in [1.29, 1.82) is 0 Å². The van der Waals surface area contributed by atoms with Gasteiger partial charge in [0.2, 0.25) is 5.95 Å². The van der Waals surface area contributed by atoms with E-state index in [-0.39, 0.29) is 0 Å². The second-order valence-corrected chi connectivity index (χ2v) is 5.49. The van der Waals surface area contributed by atoms with Gasteiger partial charge in [-0.2, -0.15) is 0 Å². The van der Waals surface area contributed by atoms with E-state index in [2.05, 4.69) is 25.9 Å². The molecule has 1 saturated carbocycles. The van der Waals surface area contributed by atoms with Crippen LogP contribution in [0.2, 0.25) is 0 Å². The molecule has 3 rings (SSSR count). The highest BCUT2D eigenvalue weighted by Gasteiger charge is 2.15. The third kappa shape index (κ3) is 3.38. The molecule has 0 aromatic carbocycles. The minimum atomic E-state index is 0.597. The van der Waals surface area contributed by atoms with Crippen molar-refractivity contribution in [3.05, 3.63) is 42.5 Å². The first-order chi connectivity index (χ1) is 9.92. The normalized spacial score (nSPS) is 16.2. The second-order valence-electron chi connectivity index (χ2n) is 5.49. The predicted molar refractivity (Wildman–Crippen MR) is 80.7 cm³/mol. The zero-order chi connectivity index (χ0) is 13.6. The molecular weight excluding hydrogens is 248 g/mol. The number of hydrogen-bond donors (Lipinski definition) is 1. The van der Waals surface area contributed by atoms with E-state index in [0.29, 0.717) is 6.04 Å². The maximum atomic E-state index is 4.45. The Morgan fingerprint density at radius 2 is 2.00 bits per heavy atom. The fraction of sp³-hybridized carbons (Fsp3) is 0.500. The molecule has 0 saturated heterocycles. The van der Waals surface area contributed by atoms with Gasteiger partial charge in [0, 0.05) is 43.3 Å². The van der Waals surface area contributed by atoms with Crippen molar-refractivity contribution in [1.82, 2.24) is 14.5 Å². The largest absolute Gasteiger partial charge is 0.353 e. The summed E-state index contributed by atoms with van der Waals surface area (Å²) >= 11 is 0. The van der Waals surface area contributed by atoms with E-state index in [9.17, 15) is 0 Å². The quantitative estimate of drug-likeness (QED) is 0.906. The molecule has 2 heterocycles. The van der Waals surface area contributed by atoms with E-state index in [1.165, 1.54) is 32.1 Å². The van der Waals surface area contributed by atoms with Crippen LogP contribution in [-0.2, 0) is 13.0 Å². The molecule has 0 amide bonds. The van der Waals surface area contributed by atoms with E-state index >= 15 is 0 Å². The molecule has 0 spiro atoms. The topological polar surface area (TPSA) is 42.7 Å². The van der Waals surface area contributed by atoms with Gasteiger partial charge in [0.25, 0.3) is 0 Å². The Labute approximate surface area is 120 Å². The fourth-order valence-electron chi connectivity index (χ4n) is 2.84. The summed E-state index contributed by atoms with van der Waals surface area (Å²) in [5.74, 6) is 1.01. The highest BCUT2D eigenvalue weighted by atomic mass is 15.2. The molecule has 1 fully saturated rings. The molecule has 0 atom stereocenters. The molecular formula is C16H22N4. The molecule has 1 N–H and O–H groups in total. The van der Waals surface area contributed by atoms with E-state index in [4.69, 9.17) is 0 Å². The van der Waals surface area contributed by atoms with Crippen LogP contribution >= 0.6 is 0 Å². The van der Waals surface area contributed by atoms with Gasteiger partial charge < -0.3 is 9.88 Å². The van der Waals surface area contributed by atoms with Crippen LogP contribution in [-0.4, -0.2) is 20.6 Å². The van der Waals surface area contributed by atoms with Gasteiger partial charge >= 0.3 is 0 Å². The van der Waals surface area contributed by atoms with Gasteiger partial charge in [0.05, 0.1) is 0 Å². The number of aryl methyl sites for hydroxylation is 2. The molecule has 0 unspecified atom stereocenters. The Bertz CT molecular complexity index is 514. The third-order valence-corrected chi connectivity index (χ3v) is 3.99. The lowest BCUT2D eigenvalue weighted by atomic mass is 9.96. The van der Waals surface area contributed by atoms with Gasteiger partial charge in [-0.1, -0.05) is 25.3 Å². The summed E-state index contributed by atoms with van der Waals surface area (Å²) in [6, 6.07) is 6.67. The molecule has 4 heteroatoms. The van der Waals surface area contributed by atoms with Crippen LogP contribution in [0.3, 0.4) is 0 Å². The van der Waals surface area contributed by atoms with Crippen LogP contribution < -0.4 is 5.32 Å². The molecule has 4 nitrogen and oxygen atoms in total. The van der Waals surface area contributed by atoms with Crippen molar-refractivity contribution in [2.24, 2.45) is 0 Å².